The highest BCUT2D eigenvalue weighted by Gasteiger charge is 2.38. The second kappa shape index (κ2) is 10.1. The number of hydrogen-bond acceptors (Lipinski definition) is 7. The molecule has 1 aliphatic heterocycles. The number of hydrogen-bond donors (Lipinski definition) is 2. The molecule has 33 heavy (non-hydrogen) atoms. The number of benzene rings is 1. The van der Waals surface area contributed by atoms with Gasteiger partial charge in [-0.05, 0) is 5.56 Å². The van der Waals surface area contributed by atoms with Gasteiger partial charge in [0, 0.05) is 26.2 Å². The van der Waals surface area contributed by atoms with E-state index in [9.17, 15) is 18.0 Å². The second-order valence-corrected chi connectivity index (χ2v) is 7.02. The van der Waals surface area contributed by atoms with E-state index in [1.165, 1.54) is 4.68 Å². The summed E-state index contributed by atoms with van der Waals surface area (Å²) in [4.78, 5) is 28.7. The molecule has 1 aromatic carbocycles. The van der Waals surface area contributed by atoms with Gasteiger partial charge in [-0.1, -0.05) is 30.3 Å². The summed E-state index contributed by atoms with van der Waals surface area (Å²) in [5.74, 6) is -1.98. The molecule has 1 fully saturated rings. The van der Waals surface area contributed by atoms with E-state index in [0.29, 0.717) is 17.6 Å². The molecule has 174 valence electrons. The van der Waals surface area contributed by atoms with E-state index in [-0.39, 0.29) is 12.1 Å². The lowest BCUT2D eigenvalue weighted by Crippen LogP contribution is -2.44. The van der Waals surface area contributed by atoms with Gasteiger partial charge in [-0.2, -0.15) is 23.5 Å². The summed E-state index contributed by atoms with van der Waals surface area (Å²) in [5, 5.41) is 23.5. The Labute approximate surface area is 185 Å². The number of carboxylic acid groups (broad SMARTS) is 1. The van der Waals surface area contributed by atoms with Crippen LogP contribution in [0.25, 0.3) is 11.0 Å². The Morgan fingerprint density at radius 2 is 1.85 bits per heavy atom. The minimum Gasteiger partial charge on any atom is -0.475 e. The summed E-state index contributed by atoms with van der Waals surface area (Å²) < 4.78 is 34.9. The van der Waals surface area contributed by atoms with E-state index in [4.69, 9.17) is 20.1 Å². The highest BCUT2D eigenvalue weighted by Crippen LogP contribution is 2.22. The fourth-order valence-corrected chi connectivity index (χ4v) is 3.28. The molecule has 0 amide bonds. The highest BCUT2D eigenvalue weighted by atomic mass is 19.4. The van der Waals surface area contributed by atoms with E-state index in [2.05, 4.69) is 15.3 Å². The van der Waals surface area contributed by atoms with Crippen molar-refractivity contribution in [2.45, 2.75) is 19.3 Å². The zero-order chi connectivity index (χ0) is 24.0. The predicted octanol–water partition coefficient (Wildman–Crippen LogP) is 1.21. The molecule has 3 aromatic rings. The van der Waals surface area contributed by atoms with Gasteiger partial charge in [0.05, 0.1) is 18.8 Å². The second-order valence-electron chi connectivity index (χ2n) is 7.02. The van der Waals surface area contributed by atoms with Gasteiger partial charge in [-0.25, -0.2) is 14.5 Å². The average Bonchev–Trinajstić information content (AvgIpc) is 3.16. The van der Waals surface area contributed by atoms with Crippen molar-refractivity contribution < 1.29 is 23.1 Å². The molecule has 0 aliphatic carbocycles. The molecule has 2 N–H and O–H groups in total. The number of rotatable bonds is 4. The van der Waals surface area contributed by atoms with Crippen LogP contribution in [-0.2, 0) is 17.9 Å². The molecular weight excluding hydrogens is 443 g/mol. The van der Waals surface area contributed by atoms with Crippen LogP contribution >= 0.6 is 0 Å². The fourth-order valence-electron chi connectivity index (χ4n) is 3.28. The number of nitrogens with one attached hydrogen (secondary N) is 1. The van der Waals surface area contributed by atoms with Gasteiger partial charge in [0.2, 0.25) is 5.95 Å². The van der Waals surface area contributed by atoms with Crippen LogP contribution in [0.15, 0.2) is 41.3 Å². The van der Waals surface area contributed by atoms with Crippen LogP contribution in [-0.4, -0.2) is 62.8 Å². The topological polar surface area (TPSA) is 129 Å². The molecule has 1 saturated heterocycles. The van der Waals surface area contributed by atoms with E-state index in [1.807, 2.05) is 41.0 Å². The lowest BCUT2D eigenvalue weighted by Gasteiger charge is -2.28. The third-order valence-corrected chi connectivity index (χ3v) is 4.78. The molecule has 0 saturated carbocycles. The summed E-state index contributed by atoms with van der Waals surface area (Å²) in [6, 6.07) is 12.0. The van der Waals surface area contributed by atoms with Crippen molar-refractivity contribution in [1.29, 1.82) is 5.26 Å². The van der Waals surface area contributed by atoms with Crippen molar-refractivity contribution in [2.24, 2.45) is 0 Å². The number of nitrogens with zero attached hydrogens (tertiary/aromatic N) is 6. The maximum atomic E-state index is 12.9. The van der Waals surface area contributed by atoms with Crippen LogP contribution in [0.1, 0.15) is 5.56 Å². The summed E-state index contributed by atoms with van der Waals surface area (Å²) in [6.45, 7) is 3.89. The number of aromatic nitrogens is 4. The largest absolute Gasteiger partial charge is 0.490 e. The first kappa shape index (κ1) is 23.7. The number of fused-ring (bicyclic) bond motifs is 1. The Morgan fingerprint density at radius 3 is 2.42 bits per heavy atom. The highest BCUT2D eigenvalue weighted by molar-refractivity contribution is 5.77. The Hall–Kier alpha value is -3.92. The third-order valence-electron chi connectivity index (χ3n) is 4.78. The molecule has 0 spiro atoms. The van der Waals surface area contributed by atoms with Crippen molar-refractivity contribution in [3.63, 3.8) is 0 Å². The summed E-state index contributed by atoms with van der Waals surface area (Å²) in [6.07, 6.45) is -3.51. The van der Waals surface area contributed by atoms with Crippen molar-refractivity contribution in [1.82, 2.24) is 24.6 Å². The maximum absolute atomic E-state index is 12.9. The van der Waals surface area contributed by atoms with Gasteiger partial charge < -0.3 is 19.9 Å². The normalized spacial score (nSPS) is 13.8. The number of imidazole rings is 1. The lowest BCUT2D eigenvalue weighted by atomic mass is 10.2. The Morgan fingerprint density at radius 1 is 1.21 bits per heavy atom. The van der Waals surface area contributed by atoms with Gasteiger partial charge in [-0.15, -0.1) is 0 Å². The maximum Gasteiger partial charge on any atom is 0.490 e. The average molecular weight is 463 g/mol. The lowest BCUT2D eigenvalue weighted by molar-refractivity contribution is -0.192. The van der Waals surface area contributed by atoms with Gasteiger partial charge in [0.15, 0.2) is 0 Å². The van der Waals surface area contributed by atoms with Crippen molar-refractivity contribution in [2.75, 3.05) is 31.1 Å². The smallest absolute Gasteiger partial charge is 0.475 e. The van der Waals surface area contributed by atoms with Gasteiger partial charge in [0.25, 0.3) is 5.56 Å². The molecule has 0 unspecified atom stereocenters. The summed E-state index contributed by atoms with van der Waals surface area (Å²) in [5.41, 5.74) is 1.86. The first-order chi connectivity index (χ1) is 15.7. The Balaban J connectivity index is 0.000000383. The van der Waals surface area contributed by atoms with E-state index >= 15 is 0 Å². The third kappa shape index (κ3) is 5.66. The van der Waals surface area contributed by atoms with Crippen molar-refractivity contribution in [3.8, 4) is 6.07 Å². The molecule has 2 aromatic heterocycles. The first-order valence-corrected chi connectivity index (χ1v) is 9.85. The molecule has 10 nitrogen and oxygen atoms in total. The molecule has 1 aliphatic rings. The molecule has 0 radical (unpaired) electrons. The van der Waals surface area contributed by atoms with Crippen LogP contribution in [0.2, 0.25) is 0 Å². The van der Waals surface area contributed by atoms with Gasteiger partial charge in [-0.3, -0.25) is 4.79 Å². The van der Waals surface area contributed by atoms with Gasteiger partial charge in [0.1, 0.15) is 17.6 Å². The zero-order valence-electron chi connectivity index (χ0n) is 17.3. The monoisotopic (exact) mass is 463 g/mol. The number of aliphatic carboxylic acids is 1. The van der Waals surface area contributed by atoms with Crippen LogP contribution in [0.4, 0.5) is 19.1 Å². The Bertz CT molecular complexity index is 1210. The molecule has 3 heterocycles. The first-order valence-electron chi connectivity index (χ1n) is 9.85. The number of carbonyl (C=O) groups is 1. The number of carboxylic acids is 1. The standard InChI is InChI=1S/C18H19N7O.C2HF3O2/c19-6-9-25-17(26)16-15(12-21-25)22-18(23-10-7-20-8-11-23)24(16)13-14-4-2-1-3-5-14;3-2(4,5)1(6)7/h1-5,12,20H,7-11,13H2;(H,6,7). The molecule has 0 atom stereocenters. The number of alkyl halides is 3. The van der Waals surface area contributed by atoms with Crippen molar-refractivity contribution in [3.05, 3.63) is 52.4 Å². The fraction of sp³-hybridized carbons (Fsp3) is 0.350. The molecular formula is C20H20F3N7O3. The minimum atomic E-state index is -5.08. The quantitative estimate of drug-likeness (QED) is 0.591. The molecule has 0 bridgehead atoms. The number of anilines is 1. The van der Waals surface area contributed by atoms with Crippen LogP contribution < -0.4 is 15.8 Å². The summed E-state index contributed by atoms with van der Waals surface area (Å²) >= 11 is 0. The summed E-state index contributed by atoms with van der Waals surface area (Å²) in [7, 11) is 0. The van der Waals surface area contributed by atoms with Crippen LogP contribution in [0.3, 0.4) is 0 Å². The van der Waals surface area contributed by atoms with E-state index in [1.54, 1.807) is 6.20 Å². The number of piperazine rings is 1. The number of nitriles is 1. The van der Waals surface area contributed by atoms with E-state index in [0.717, 1.165) is 37.7 Å². The zero-order valence-corrected chi connectivity index (χ0v) is 17.3. The SMILES string of the molecule is N#CCn1ncc2nc(N3CCNCC3)n(Cc3ccccc3)c2c1=O.O=C(O)C(F)(F)F. The van der Waals surface area contributed by atoms with Gasteiger partial charge >= 0.3 is 12.1 Å². The predicted molar refractivity (Wildman–Crippen MR) is 112 cm³/mol. The molecule has 13 heteroatoms. The minimum absolute atomic E-state index is 0.0751. The van der Waals surface area contributed by atoms with Crippen LogP contribution in [0, 0.1) is 11.3 Å². The molecule has 4 rings (SSSR count). The van der Waals surface area contributed by atoms with Crippen LogP contribution in [0.5, 0.6) is 0 Å². The number of halogens is 3. The van der Waals surface area contributed by atoms with Crippen molar-refractivity contribution >= 4 is 23.0 Å². The van der Waals surface area contributed by atoms with E-state index < -0.39 is 12.1 Å². The Kier molecular flexibility index (Phi) is 7.29.